The lowest BCUT2D eigenvalue weighted by Gasteiger charge is -2.18. The molecule has 0 heterocycles. The number of carbonyl (C=O) groups excluding carboxylic acids is 1. The lowest BCUT2D eigenvalue weighted by Crippen LogP contribution is -2.28. The molecule has 0 spiro atoms. The summed E-state index contributed by atoms with van der Waals surface area (Å²) in [6, 6.07) is 8.73. The second-order valence-electron chi connectivity index (χ2n) is 4.85. The van der Waals surface area contributed by atoms with Gasteiger partial charge in [-0.2, -0.15) is 0 Å². The number of para-hydroxylation sites is 1. The number of carbonyl (C=O) groups is 1. The highest BCUT2D eigenvalue weighted by Crippen LogP contribution is 2.19. The number of nitrogens with one attached hydrogen (secondary N) is 2. The van der Waals surface area contributed by atoms with E-state index in [0.29, 0.717) is 24.9 Å². The summed E-state index contributed by atoms with van der Waals surface area (Å²) >= 11 is 0. The highest BCUT2D eigenvalue weighted by atomic mass is 32.2. The number of hydroxylamine groups is 1. The summed E-state index contributed by atoms with van der Waals surface area (Å²) < 4.78 is 27.3. The topological polar surface area (TPSA) is 95.5 Å². The predicted octanol–water partition coefficient (Wildman–Crippen LogP) is 2.27. The number of rotatable bonds is 9. The first kappa shape index (κ1) is 17.5. The van der Waals surface area contributed by atoms with Gasteiger partial charge in [-0.05, 0) is 31.4 Å². The number of hydrogen-bond donors (Lipinski definition) is 3. The van der Waals surface area contributed by atoms with Gasteiger partial charge in [0.2, 0.25) is 15.9 Å². The molecule has 1 aromatic carbocycles. The van der Waals surface area contributed by atoms with E-state index in [-0.39, 0.29) is 6.42 Å². The quantitative estimate of drug-likeness (QED) is 0.481. The van der Waals surface area contributed by atoms with Crippen LogP contribution in [0, 0.1) is 0 Å². The molecule has 1 rings (SSSR count). The van der Waals surface area contributed by atoms with Crippen molar-refractivity contribution in [2.24, 2.45) is 0 Å². The second-order valence-corrected chi connectivity index (χ2v) is 6.81. The number of hydrogen-bond acceptors (Lipinski definition) is 4. The maximum atomic E-state index is 12.4. The van der Waals surface area contributed by atoms with E-state index in [9.17, 15) is 13.2 Å². The Labute approximate surface area is 125 Å². The minimum Gasteiger partial charge on any atom is -0.289 e. The average molecular weight is 314 g/mol. The number of amides is 1. The van der Waals surface area contributed by atoms with Gasteiger partial charge < -0.3 is 0 Å². The van der Waals surface area contributed by atoms with Gasteiger partial charge in [0, 0.05) is 12.1 Å². The maximum absolute atomic E-state index is 12.4. The zero-order valence-corrected chi connectivity index (χ0v) is 12.9. The van der Waals surface area contributed by atoms with Gasteiger partial charge >= 0.3 is 0 Å². The Morgan fingerprint density at radius 3 is 2.48 bits per heavy atom. The van der Waals surface area contributed by atoms with Gasteiger partial charge in [0.05, 0.1) is 5.25 Å². The fourth-order valence-corrected chi connectivity index (χ4v) is 3.73. The minimum absolute atomic E-state index is 0.109. The molecule has 1 atom stereocenters. The van der Waals surface area contributed by atoms with Gasteiger partial charge in [-0.15, -0.1) is 0 Å². The summed E-state index contributed by atoms with van der Waals surface area (Å²) in [5.41, 5.74) is 2.08. The maximum Gasteiger partial charge on any atom is 0.243 e. The van der Waals surface area contributed by atoms with Crippen molar-refractivity contribution in [2.75, 3.05) is 4.72 Å². The Morgan fingerprint density at radius 1 is 1.24 bits per heavy atom. The molecule has 1 aromatic rings. The highest BCUT2D eigenvalue weighted by Gasteiger charge is 2.24. The first-order valence-corrected chi connectivity index (χ1v) is 8.54. The predicted molar refractivity (Wildman–Crippen MR) is 81.5 cm³/mol. The van der Waals surface area contributed by atoms with Crippen LogP contribution in [0.2, 0.25) is 0 Å². The number of anilines is 1. The van der Waals surface area contributed by atoms with E-state index >= 15 is 0 Å². The first-order valence-electron chi connectivity index (χ1n) is 6.99. The standard InChI is InChI=1S/C14H22N2O4S/c1-2-7-13(10-6-11-14(17)15-18)21(19,20)16-12-8-4-3-5-9-12/h3-5,8-9,13,16,18H,2,6-7,10-11H2,1H3,(H,15,17). The van der Waals surface area contributed by atoms with Crippen LogP contribution in [0.1, 0.15) is 39.0 Å². The molecule has 0 radical (unpaired) electrons. The van der Waals surface area contributed by atoms with E-state index in [0.717, 1.165) is 6.42 Å². The zero-order chi connectivity index (χ0) is 15.7. The van der Waals surface area contributed by atoms with E-state index in [4.69, 9.17) is 5.21 Å². The van der Waals surface area contributed by atoms with Crippen molar-refractivity contribution in [3.05, 3.63) is 30.3 Å². The van der Waals surface area contributed by atoms with Crippen molar-refractivity contribution in [1.29, 1.82) is 0 Å². The fourth-order valence-electron chi connectivity index (χ4n) is 2.08. The normalized spacial score (nSPS) is 12.7. The van der Waals surface area contributed by atoms with Crippen molar-refractivity contribution in [1.82, 2.24) is 5.48 Å². The van der Waals surface area contributed by atoms with Crippen LogP contribution < -0.4 is 10.2 Å². The van der Waals surface area contributed by atoms with Crippen LogP contribution in [0.3, 0.4) is 0 Å². The van der Waals surface area contributed by atoms with Crippen LogP contribution in [0.4, 0.5) is 5.69 Å². The third-order valence-corrected chi connectivity index (χ3v) is 5.01. The van der Waals surface area contributed by atoms with Gasteiger partial charge in [0.1, 0.15) is 0 Å². The lowest BCUT2D eigenvalue weighted by molar-refractivity contribution is -0.129. The second kappa shape index (κ2) is 8.63. The summed E-state index contributed by atoms with van der Waals surface area (Å²) in [4.78, 5) is 11.0. The molecule has 3 N–H and O–H groups in total. The fraction of sp³-hybridized carbons (Fsp3) is 0.500. The lowest BCUT2D eigenvalue weighted by atomic mass is 10.1. The summed E-state index contributed by atoms with van der Waals surface area (Å²) in [7, 11) is -3.49. The van der Waals surface area contributed by atoms with Crippen LogP contribution >= 0.6 is 0 Å². The van der Waals surface area contributed by atoms with E-state index in [1.54, 1.807) is 29.7 Å². The summed E-state index contributed by atoms with van der Waals surface area (Å²) in [5, 5.41) is 7.88. The molecule has 0 bridgehead atoms. The Bertz CT molecular complexity index is 531. The molecule has 118 valence electrons. The molecule has 1 unspecified atom stereocenters. The van der Waals surface area contributed by atoms with E-state index in [1.165, 1.54) is 0 Å². The molecule has 0 fully saturated rings. The monoisotopic (exact) mass is 314 g/mol. The van der Waals surface area contributed by atoms with E-state index in [2.05, 4.69) is 4.72 Å². The van der Waals surface area contributed by atoms with Crippen molar-refractivity contribution in [2.45, 2.75) is 44.3 Å². The first-order chi connectivity index (χ1) is 9.99. The highest BCUT2D eigenvalue weighted by molar-refractivity contribution is 7.93. The molecule has 0 saturated carbocycles. The summed E-state index contributed by atoms with van der Waals surface area (Å²) in [6.45, 7) is 1.92. The number of benzene rings is 1. The molecule has 0 aromatic heterocycles. The molecular formula is C14H22N2O4S. The third-order valence-electron chi connectivity index (χ3n) is 3.14. The van der Waals surface area contributed by atoms with Crippen LogP contribution in [-0.4, -0.2) is 24.8 Å². The minimum atomic E-state index is -3.49. The van der Waals surface area contributed by atoms with Crippen LogP contribution in [0.25, 0.3) is 0 Å². The third kappa shape index (κ3) is 6.14. The summed E-state index contributed by atoms with van der Waals surface area (Å²) in [5.74, 6) is -0.501. The van der Waals surface area contributed by atoms with Gasteiger partial charge in [-0.3, -0.25) is 14.7 Å². The van der Waals surface area contributed by atoms with Gasteiger partial charge in [0.25, 0.3) is 0 Å². The molecule has 0 aliphatic heterocycles. The van der Waals surface area contributed by atoms with Crippen molar-refractivity contribution in [3.8, 4) is 0 Å². The van der Waals surface area contributed by atoms with E-state index in [1.807, 2.05) is 13.0 Å². The molecule has 21 heavy (non-hydrogen) atoms. The van der Waals surface area contributed by atoms with Crippen molar-refractivity contribution < 1.29 is 18.4 Å². The Balaban J connectivity index is 2.66. The molecule has 0 aliphatic carbocycles. The van der Waals surface area contributed by atoms with E-state index < -0.39 is 21.2 Å². The van der Waals surface area contributed by atoms with Crippen LogP contribution in [0.15, 0.2) is 30.3 Å². The molecule has 1 amide bonds. The summed E-state index contributed by atoms with van der Waals surface area (Å²) in [6.07, 6.45) is 2.17. The van der Waals surface area contributed by atoms with Crippen molar-refractivity contribution in [3.63, 3.8) is 0 Å². The molecule has 6 nitrogen and oxygen atoms in total. The largest absolute Gasteiger partial charge is 0.289 e. The number of sulfonamides is 1. The van der Waals surface area contributed by atoms with Crippen molar-refractivity contribution >= 4 is 21.6 Å². The molecule has 7 heteroatoms. The Hall–Kier alpha value is -1.60. The zero-order valence-electron chi connectivity index (χ0n) is 12.1. The smallest absolute Gasteiger partial charge is 0.243 e. The Morgan fingerprint density at radius 2 is 1.90 bits per heavy atom. The van der Waals surface area contributed by atoms with Crippen LogP contribution in [0.5, 0.6) is 0 Å². The average Bonchev–Trinajstić information content (AvgIpc) is 2.46. The Kier molecular flexibility index (Phi) is 7.18. The SMILES string of the molecule is CCCC(CCCC(=O)NO)S(=O)(=O)Nc1ccccc1. The van der Waals surface area contributed by atoms with Gasteiger partial charge in [-0.25, -0.2) is 13.9 Å². The molecule has 0 aliphatic rings. The molecule has 0 saturated heterocycles. The molecular weight excluding hydrogens is 292 g/mol. The van der Waals surface area contributed by atoms with Crippen LogP contribution in [-0.2, 0) is 14.8 Å². The van der Waals surface area contributed by atoms with Gasteiger partial charge in [0.15, 0.2) is 0 Å². The van der Waals surface area contributed by atoms with Gasteiger partial charge in [-0.1, -0.05) is 31.5 Å².